The Bertz CT molecular complexity index is 563. The highest BCUT2D eigenvalue weighted by Gasteiger charge is 2.37. The second kappa shape index (κ2) is 9.15. The summed E-state index contributed by atoms with van der Waals surface area (Å²) in [6.07, 6.45) is 6.97. The van der Waals surface area contributed by atoms with E-state index >= 15 is 0 Å². The summed E-state index contributed by atoms with van der Waals surface area (Å²) in [6, 6.07) is 9.51. The van der Waals surface area contributed by atoms with Gasteiger partial charge in [-0.2, -0.15) is 0 Å². The van der Waals surface area contributed by atoms with Crippen LogP contribution in [0.2, 0.25) is 0 Å². The van der Waals surface area contributed by atoms with Crippen molar-refractivity contribution in [1.82, 2.24) is 0 Å². The molecule has 1 fully saturated rings. The van der Waals surface area contributed by atoms with Crippen LogP contribution < -0.4 is 0 Å². The van der Waals surface area contributed by atoms with Gasteiger partial charge in [0.15, 0.2) is 5.78 Å². The van der Waals surface area contributed by atoms with E-state index in [0.29, 0.717) is 13.2 Å². The third-order valence-electron chi connectivity index (χ3n) is 4.15. The van der Waals surface area contributed by atoms with E-state index in [2.05, 4.69) is 4.99 Å². The molecule has 0 aromatic heterocycles. The minimum Gasteiger partial charge on any atom is -0.307 e. The van der Waals surface area contributed by atoms with Crippen LogP contribution >= 0.6 is 19.2 Å². The van der Waals surface area contributed by atoms with Crippen molar-refractivity contribution in [2.45, 2.75) is 56.6 Å². The number of nitrogens with zero attached hydrogens (tertiary/aromatic N) is 1. The van der Waals surface area contributed by atoms with Gasteiger partial charge in [0.05, 0.1) is 18.1 Å². The molecule has 0 aliphatic heterocycles. The normalized spacial score (nSPS) is 19.5. The van der Waals surface area contributed by atoms with Gasteiger partial charge < -0.3 is 9.05 Å². The lowest BCUT2D eigenvalue weighted by Gasteiger charge is -2.29. The first-order valence-corrected chi connectivity index (χ1v) is 10.7. The predicted molar refractivity (Wildman–Crippen MR) is 100 cm³/mol. The Hall–Kier alpha value is -0.670. The molecular weight excluding hydrogens is 345 g/mol. The maximum absolute atomic E-state index is 13.3. The van der Waals surface area contributed by atoms with Gasteiger partial charge in [0.2, 0.25) is 0 Å². The summed E-state index contributed by atoms with van der Waals surface area (Å²) in [5.74, 6) is -0.684. The summed E-state index contributed by atoms with van der Waals surface area (Å²) >= 11 is 6.69. The Balaban J connectivity index is 2.34. The molecule has 6 heteroatoms. The van der Waals surface area contributed by atoms with Gasteiger partial charge in [-0.25, -0.2) is 0 Å². The number of rotatable bonds is 8. The molecule has 1 aliphatic carbocycles. The van der Waals surface area contributed by atoms with Crippen molar-refractivity contribution in [3.8, 4) is 0 Å². The van der Waals surface area contributed by atoms with Crippen LogP contribution in [0.5, 0.6) is 0 Å². The molecule has 134 valence electrons. The molecule has 1 atom stereocenters. The minimum atomic E-state index is -3.41. The summed E-state index contributed by atoms with van der Waals surface area (Å²) in [4.78, 5) is 4.18. The Kier molecular flexibility index (Phi) is 7.49. The van der Waals surface area contributed by atoms with Crippen molar-refractivity contribution in [3.63, 3.8) is 0 Å². The zero-order chi connectivity index (χ0) is 17.5. The number of alkyl halides is 1. The van der Waals surface area contributed by atoms with Gasteiger partial charge in [-0.1, -0.05) is 49.6 Å². The smallest absolute Gasteiger partial charge is 0.307 e. The SMILES string of the molecule is CCOP(=O)(OCC)C(/N=C/C1(Cl)CCCCC1)c1ccccc1. The van der Waals surface area contributed by atoms with E-state index in [0.717, 1.165) is 31.2 Å². The van der Waals surface area contributed by atoms with Crippen LogP contribution in [0.1, 0.15) is 57.3 Å². The lowest BCUT2D eigenvalue weighted by atomic mass is 9.89. The number of halogens is 1. The van der Waals surface area contributed by atoms with Crippen LogP contribution in [0, 0.1) is 0 Å². The highest BCUT2D eigenvalue weighted by molar-refractivity contribution is 7.54. The Morgan fingerprint density at radius 1 is 1.17 bits per heavy atom. The van der Waals surface area contributed by atoms with Crippen LogP contribution in [0.25, 0.3) is 0 Å². The van der Waals surface area contributed by atoms with Crippen molar-refractivity contribution in [2.24, 2.45) is 4.99 Å². The molecule has 4 nitrogen and oxygen atoms in total. The largest absolute Gasteiger partial charge is 0.359 e. The maximum atomic E-state index is 13.3. The molecule has 24 heavy (non-hydrogen) atoms. The summed E-state index contributed by atoms with van der Waals surface area (Å²) in [7, 11) is -3.41. The number of aliphatic imine (C=N–C) groups is 1. The van der Waals surface area contributed by atoms with Gasteiger partial charge in [0.25, 0.3) is 0 Å². The monoisotopic (exact) mass is 371 g/mol. The molecule has 0 N–H and O–H groups in total. The quantitative estimate of drug-likeness (QED) is 0.321. The highest BCUT2D eigenvalue weighted by atomic mass is 35.5. The van der Waals surface area contributed by atoms with Crippen molar-refractivity contribution in [1.29, 1.82) is 0 Å². The Morgan fingerprint density at radius 2 is 1.75 bits per heavy atom. The Labute approximate surface area is 150 Å². The molecule has 0 heterocycles. The molecule has 2 rings (SSSR count). The average molecular weight is 372 g/mol. The first-order valence-electron chi connectivity index (χ1n) is 8.70. The van der Waals surface area contributed by atoms with E-state index < -0.39 is 18.3 Å². The molecule has 0 amide bonds. The molecule has 1 aliphatic rings. The molecule has 0 saturated heterocycles. The minimum absolute atomic E-state index is 0.308. The lowest BCUT2D eigenvalue weighted by Crippen LogP contribution is -2.26. The van der Waals surface area contributed by atoms with Gasteiger partial charge >= 0.3 is 7.60 Å². The summed E-state index contributed by atoms with van der Waals surface area (Å²) in [5.41, 5.74) is 0.815. The van der Waals surface area contributed by atoms with Crippen molar-refractivity contribution in [2.75, 3.05) is 13.2 Å². The van der Waals surface area contributed by atoms with E-state index in [1.807, 2.05) is 44.2 Å². The number of benzene rings is 1. The van der Waals surface area contributed by atoms with E-state index in [1.54, 1.807) is 6.21 Å². The van der Waals surface area contributed by atoms with Gasteiger partial charge in [-0.05, 0) is 32.3 Å². The van der Waals surface area contributed by atoms with Crippen LogP contribution in [0.15, 0.2) is 35.3 Å². The fourth-order valence-corrected chi connectivity index (χ4v) is 5.15. The maximum Gasteiger partial charge on any atom is 0.359 e. The van der Waals surface area contributed by atoms with Crippen LogP contribution in [0.4, 0.5) is 0 Å². The topological polar surface area (TPSA) is 47.9 Å². The fraction of sp³-hybridized carbons (Fsp3) is 0.611. The molecule has 0 spiro atoms. The highest BCUT2D eigenvalue weighted by Crippen LogP contribution is 2.61. The van der Waals surface area contributed by atoms with E-state index in [-0.39, 0.29) is 0 Å². The van der Waals surface area contributed by atoms with Crippen molar-refractivity contribution < 1.29 is 13.6 Å². The van der Waals surface area contributed by atoms with E-state index in [1.165, 1.54) is 6.42 Å². The van der Waals surface area contributed by atoms with Crippen LogP contribution in [-0.2, 0) is 13.6 Å². The standard InChI is InChI=1S/C18H27ClNO3P/c1-3-22-24(21,23-4-2)17(16-11-7-5-8-12-16)20-15-18(19)13-9-6-10-14-18/h5,7-8,11-12,15,17H,3-4,6,9-10,13-14H2,1-2H3/b20-15+. The van der Waals surface area contributed by atoms with E-state index in [9.17, 15) is 4.57 Å². The molecule has 0 bridgehead atoms. The first-order chi connectivity index (χ1) is 11.5. The van der Waals surface area contributed by atoms with Crippen molar-refractivity contribution >= 4 is 25.4 Å². The van der Waals surface area contributed by atoms with Crippen LogP contribution in [0.3, 0.4) is 0 Å². The molecular formula is C18H27ClNO3P. The second-order valence-corrected chi connectivity index (χ2v) is 8.87. The van der Waals surface area contributed by atoms with Gasteiger partial charge in [-0.15, -0.1) is 11.6 Å². The molecule has 1 unspecified atom stereocenters. The third kappa shape index (κ3) is 5.16. The Morgan fingerprint density at radius 3 is 2.29 bits per heavy atom. The van der Waals surface area contributed by atoms with E-state index in [4.69, 9.17) is 20.6 Å². The van der Waals surface area contributed by atoms with Crippen LogP contribution in [-0.4, -0.2) is 24.3 Å². The molecule has 1 aromatic rings. The first kappa shape index (κ1) is 19.7. The van der Waals surface area contributed by atoms with Gasteiger partial charge in [0.1, 0.15) is 0 Å². The number of hydrogen-bond acceptors (Lipinski definition) is 4. The summed E-state index contributed by atoms with van der Waals surface area (Å²) in [5, 5.41) is 0. The third-order valence-corrected chi connectivity index (χ3v) is 6.89. The summed E-state index contributed by atoms with van der Waals surface area (Å²) in [6.45, 7) is 4.23. The molecule has 1 aromatic carbocycles. The fourth-order valence-electron chi connectivity index (χ4n) is 2.99. The van der Waals surface area contributed by atoms with Gasteiger partial charge in [0, 0.05) is 6.21 Å². The van der Waals surface area contributed by atoms with Crippen molar-refractivity contribution in [3.05, 3.63) is 35.9 Å². The predicted octanol–water partition coefficient (Wildman–Crippen LogP) is 5.96. The zero-order valence-corrected chi connectivity index (χ0v) is 16.1. The molecule has 1 saturated carbocycles. The average Bonchev–Trinajstić information content (AvgIpc) is 2.57. The molecule has 0 radical (unpaired) electrons. The second-order valence-electron chi connectivity index (χ2n) is 6.03. The number of hydrogen-bond donors (Lipinski definition) is 0. The van der Waals surface area contributed by atoms with Gasteiger partial charge in [-0.3, -0.25) is 9.56 Å². The zero-order valence-electron chi connectivity index (χ0n) is 14.5. The lowest BCUT2D eigenvalue weighted by molar-refractivity contribution is 0.212. The summed E-state index contributed by atoms with van der Waals surface area (Å²) < 4.78 is 24.4.